The molecule has 1 heterocycles. The van der Waals surface area contributed by atoms with Crippen LogP contribution in [0.2, 0.25) is 0 Å². The number of rotatable bonds is 0. The lowest BCUT2D eigenvalue weighted by Gasteiger charge is -2.56. The van der Waals surface area contributed by atoms with Crippen molar-refractivity contribution in [3.63, 3.8) is 0 Å². The van der Waals surface area contributed by atoms with Gasteiger partial charge in [0.25, 0.3) is 0 Å². The molecule has 3 aliphatic rings. The maximum absolute atomic E-state index is 6.23. The summed E-state index contributed by atoms with van der Waals surface area (Å²) in [6, 6.07) is 0. The highest BCUT2D eigenvalue weighted by Gasteiger charge is 2.59. The van der Waals surface area contributed by atoms with E-state index in [1.54, 1.807) is 0 Å². The fraction of sp³-hybridized carbons (Fsp3) is 1.00. The molecule has 0 aromatic heterocycles. The van der Waals surface area contributed by atoms with Crippen LogP contribution < -0.4 is 0 Å². The maximum atomic E-state index is 6.23. The van der Waals surface area contributed by atoms with Gasteiger partial charge in [-0.2, -0.15) is 0 Å². The topological polar surface area (TPSA) is 18.5 Å². The number of hydrogen-bond acceptors (Lipinski definition) is 2. The second-order valence-corrected chi connectivity index (χ2v) is 6.45. The summed E-state index contributed by atoms with van der Waals surface area (Å²) in [7, 11) is 0. The molecular weight excluding hydrogens is 200 g/mol. The molecule has 92 valence electrons. The highest BCUT2D eigenvalue weighted by Crippen LogP contribution is 2.58. The summed E-state index contributed by atoms with van der Waals surface area (Å²) >= 11 is 0. The third-order valence-corrected chi connectivity index (χ3v) is 5.15. The van der Waals surface area contributed by atoms with Gasteiger partial charge in [-0.05, 0) is 45.4 Å². The van der Waals surface area contributed by atoms with E-state index in [1.165, 1.54) is 38.5 Å². The van der Waals surface area contributed by atoms with Gasteiger partial charge in [0.2, 0.25) is 0 Å². The van der Waals surface area contributed by atoms with E-state index in [0.717, 1.165) is 5.92 Å². The van der Waals surface area contributed by atoms with Crippen LogP contribution in [0.5, 0.6) is 0 Å². The summed E-state index contributed by atoms with van der Waals surface area (Å²) in [6.07, 6.45) is 8.73. The molecule has 0 aromatic carbocycles. The van der Waals surface area contributed by atoms with E-state index in [2.05, 4.69) is 20.8 Å². The van der Waals surface area contributed by atoms with Crippen molar-refractivity contribution in [1.29, 1.82) is 0 Å². The normalized spacial score (nSPS) is 50.8. The Morgan fingerprint density at radius 2 is 1.56 bits per heavy atom. The molecule has 3 fully saturated rings. The zero-order valence-electron chi connectivity index (χ0n) is 10.8. The summed E-state index contributed by atoms with van der Waals surface area (Å²) in [5.74, 6) is 0.412. The molecule has 0 radical (unpaired) electrons. The highest BCUT2D eigenvalue weighted by atomic mass is 16.7. The Kier molecular flexibility index (Phi) is 2.38. The fourth-order valence-electron chi connectivity index (χ4n) is 4.47. The van der Waals surface area contributed by atoms with Gasteiger partial charge in [0, 0.05) is 5.41 Å². The van der Waals surface area contributed by atoms with E-state index in [4.69, 9.17) is 9.47 Å². The molecule has 3 unspecified atom stereocenters. The molecule has 3 rings (SSSR count). The Morgan fingerprint density at radius 1 is 0.938 bits per heavy atom. The second-order valence-electron chi connectivity index (χ2n) is 6.45. The van der Waals surface area contributed by atoms with Crippen molar-refractivity contribution >= 4 is 0 Å². The Morgan fingerprint density at radius 3 is 2.25 bits per heavy atom. The van der Waals surface area contributed by atoms with Crippen LogP contribution in [0.15, 0.2) is 0 Å². The Bertz CT molecular complexity index is 286. The van der Waals surface area contributed by atoms with Gasteiger partial charge in [-0.3, -0.25) is 0 Å². The van der Waals surface area contributed by atoms with Crippen LogP contribution in [0.3, 0.4) is 0 Å². The third-order valence-electron chi connectivity index (χ3n) is 5.15. The molecule has 0 aromatic rings. The monoisotopic (exact) mass is 224 g/mol. The van der Waals surface area contributed by atoms with E-state index in [9.17, 15) is 0 Å². The molecule has 2 aliphatic carbocycles. The SMILES string of the molecule is CC1CCC[C@H]2OC(C)(C)OC3CCCC132. The van der Waals surface area contributed by atoms with Crippen LogP contribution in [0.1, 0.15) is 59.3 Å². The molecule has 1 spiro atoms. The van der Waals surface area contributed by atoms with Crippen molar-refractivity contribution in [3.05, 3.63) is 0 Å². The van der Waals surface area contributed by atoms with Crippen molar-refractivity contribution in [2.45, 2.75) is 77.3 Å². The minimum absolute atomic E-state index is 0.355. The van der Waals surface area contributed by atoms with Gasteiger partial charge in [-0.15, -0.1) is 0 Å². The first-order valence-electron chi connectivity index (χ1n) is 6.90. The quantitative estimate of drug-likeness (QED) is 0.627. The summed E-state index contributed by atoms with van der Waals surface area (Å²) in [5.41, 5.74) is 0.355. The Hall–Kier alpha value is -0.0800. The van der Waals surface area contributed by atoms with Gasteiger partial charge in [0.1, 0.15) is 0 Å². The van der Waals surface area contributed by atoms with Crippen molar-refractivity contribution < 1.29 is 9.47 Å². The van der Waals surface area contributed by atoms with Gasteiger partial charge in [0.05, 0.1) is 12.2 Å². The van der Waals surface area contributed by atoms with Gasteiger partial charge in [-0.1, -0.05) is 19.8 Å². The molecule has 16 heavy (non-hydrogen) atoms. The Labute approximate surface area is 98.7 Å². The van der Waals surface area contributed by atoms with E-state index in [-0.39, 0.29) is 5.79 Å². The van der Waals surface area contributed by atoms with Gasteiger partial charge in [-0.25, -0.2) is 0 Å². The maximum Gasteiger partial charge on any atom is 0.163 e. The summed E-state index contributed by atoms with van der Waals surface area (Å²) in [6.45, 7) is 6.57. The van der Waals surface area contributed by atoms with Crippen molar-refractivity contribution in [1.82, 2.24) is 0 Å². The zero-order valence-corrected chi connectivity index (χ0v) is 10.8. The predicted molar refractivity (Wildman–Crippen MR) is 63.1 cm³/mol. The first kappa shape index (κ1) is 11.0. The van der Waals surface area contributed by atoms with Crippen molar-refractivity contribution in [2.24, 2.45) is 11.3 Å². The smallest absolute Gasteiger partial charge is 0.163 e. The van der Waals surface area contributed by atoms with Crippen LogP contribution in [0.25, 0.3) is 0 Å². The second kappa shape index (κ2) is 3.46. The van der Waals surface area contributed by atoms with Crippen LogP contribution in [0, 0.1) is 11.3 Å². The lowest BCUT2D eigenvalue weighted by Crippen LogP contribution is -2.60. The standard InChI is InChI=1S/C14H24O2/c1-10-6-4-7-11-14(10)9-5-8-12(14)16-13(2,3)15-11/h10-12H,4-9H2,1-3H3/t10?,11-,12?,14?/m1/s1. The summed E-state index contributed by atoms with van der Waals surface area (Å²) < 4.78 is 12.4. The average molecular weight is 224 g/mol. The lowest BCUT2D eigenvalue weighted by molar-refractivity contribution is -0.355. The molecule has 1 aliphatic heterocycles. The molecule has 0 amide bonds. The van der Waals surface area contributed by atoms with E-state index >= 15 is 0 Å². The largest absolute Gasteiger partial charge is 0.347 e. The minimum atomic E-state index is -0.361. The molecule has 1 saturated heterocycles. The van der Waals surface area contributed by atoms with Crippen molar-refractivity contribution in [2.75, 3.05) is 0 Å². The molecule has 2 heteroatoms. The number of hydrogen-bond donors (Lipinski definition) is 0. The molecule has 4 atom stereocenters. The predicted octanol–water partition coefficient (Wildman–Crippen LogP) is 3.50. The van der Waals surface area contributed by atoms with Gasteiger partial charge < -0.3 is 9.47 Å². The first-order valence-corrected chi connectivity index (χ1v) is 6.90. The molecule has 2 saturated carbocycles. The van der Waals surface area contributed by atoms with E-state index in [1.807, 2.05) is 0 Å². The molecular formula is C14H24O2. The fourth-order valence-corrected chi connectivity index (χ4v) is 4.47. The zero-order chi connectivity index (χ0) is 11.4. The lowest BCUT2D eigenvalue weighted by atomic mass is 9.62. The summed E-state index contributed by atoms with van der Waals surface area (Å²) in [5, 5.41) is 0. The van der Waals surface area contributed by atoms with E-state index in [0.29, 0.717) is 17.6 Å². The van der Waals surface area contributed by atoms with Crippen LogP contribution in [0.4, 0.5) is 0 Å². The number of ether oxygens (including phenoxy) is 2. The van der Waals surface area contributed by atoms with Crippen molar-refractivity contribution in [3.8, 4) is 0 Å². The third kappa shape index (κ3) is 1.39. The van der Waals surface area contributed by atoms with Crippen LogP contribution in [-0.2, 0) is 9.47 Å². The van der Waals surface area contributed by atoms with Gasteiger partial charge >= 0.3 is 0 Å². The molecule has 2 nitrogen and oxygen atoms in total. The Balaban J connectivity index is 1.96. The van der Waals surface area contributed by atoms with Crippen LogP contribution in [-0.4, -0.2) is 18.0 Å². The first-order chi connectivity index (χ1) is 7.55. The van der Waals surface area contributed by atoms with Crippen LogP contribution >= 0.6 is 0 Å². The average Bonchev–Trinajstić information content (AvgIpc) is 2.58. The van der Waals surface area contributed by atoms with E-state index < -0.39 is 0 Å². The minimum Gasteiger partial charge on any atom is -0.347 e. The molecule has 0 bridgehead atoms. The highest BCUT2D eigenvalue weighted by molar-refractivity contribution is 5.06. The van der Waals surface area contributed by atoms with Gasteiger partial charge in [0.15, 0.2) is 5.79 Å². The molecule has 0 N–H and O–H groups in total. The summed E-state index contributed by atoms with van der Waals surface area (Å²) in [4.78, 5) is 0.